The number of anilines is 1. The Bertz CT molecular complexity index is 423. The van der Waals surface area contributed by atoms with Gasteiger partial charge in [-0.05, 0) is 45.0 Å². The van der Waals surface area contributed by atoms with E-state index in [4.69, 9.17) is 9.47 Å². The van der Waals surface area contributed by atoms with Crippen molar-refractivity contribution in [1.82, 2.24) is 5.32 Å². The molecule has 106 valence electrons. The molecule has 1 fully saturated rings. The highest BCUT2D eigenvalue weighted by Crippen LogP contribution is 2.35. The molecule has 1 aliphatic heterocycles. The van der Waals surface area contributed by atoms with Gasteiger partial charge < -0.3 is 19.7 Å². The van der Waals surface area contributed by atoms with Crippen LogP contribution < -0.4 is 19.7 Å². The van der Waals surface area contributed by atoms with Crippen molar-refractivity contribution >= 4 is 5.69 Å². The first kappa shape index (κ1) is 14.0. The fourth-order valence-corrected chi connectivity index (χ4v) is 2.91. The van der Waals surface area contributed by atoms with Gasteiger partial charge in [0.2, 0.25) is 0 Å². The van der Waals surface area contributed by atoms with E-state index in [1.165, 1.54) is 12.1 Å². The summed E-state index contributed by atoms with van der Waals surface area (Å²) in [4.78, 5) is 2.45. The number of hydrogen-bond acceptors (Lipinski definition) is 4. The maximum atomic E-state index is 5.38. The Morgan fingerprint density at radius 1 is 1.26 bits per heavy atom. The summed E-state index contributed by atoms with van der Waals surface area (Å²) in [6.07, 6.45) is 1.23. The van der Waals surface area contributed by atoms with E-state index in [0.29, 0.717) is 12.0 Å². The summed E-state index contributed by atoms with van der Waals surface area (Å²) in [7, 11) is 5.36. The fourth-order valence-electron chi connectivity index (χ4n) is 2.91. The summed E-state index contributed by atoms with van der Waals surface area (Å²) in [5.74, 6) is 2.28. The first-order chi connectivity index (χ1) is 9.21. The average molecular weight is 264 g/mol. The van der Waals surface area contributed by atoms with Gasteiger partial charge >= 0.3 is 0 Å². The highest BCUT2D eigenvalue weighted by molar-refractivity contribution is 5.57. The van der Waals surface area contributed by atoms with E-state index in [2.05, 4.69) is 29.3 Å². The lowest BCUT2D eigenvalue weighted by molar-refractivity contribution is 0.355. The standard InChI is InChI=1S/C15H24N2O2/c1-11-12(10-16-2)7-8-17(11)13-5-6-14(18-3)15(9-13)19-4/h5-6,9,11-12,16H,7-8,10H2,1-4H3. The zero-order chi connectivity index (χ0) is 13.8. The SMILES string of the molecule is CNCC1CCN(c2ccc(OC)c(OC)c2)C1C. The number of benzene rings is 1. The molecule has 0 amide bonds. The lowest BCUT2D eigenvalue weighted by Crippen LogP contribution is -2.33. The number of nitrogens with one attached hydrogen (secondary N) is 1. The van der Waals surface area contributed by atoms with E-state index in [0.717, 1.165) is 24.6 Å². The van der Waals surface area contributed by atoms with Gasteiger partial charge in [0.1, 0.15) is 0 Å². The molecule has 0 bridgehead atoms. The normalized spacial score (nSPS) is 22.6. The van der Waals surface area contributed by atoms with Crippen molar-refractivity contribution in [3.05, 3.63) is 18.2 Å². The van der Waals surface area contributed by atoms with Crippen molar-refractivity contribution in [2.24, 2.45) is 5.92 Å². The van der Waals surface area contributed by atoms with Crippen LogP contribution in [0.1, 0.15) is 13.3 Å². The van der Waals surface area contributed by atoms with Crippen molar-refractivity contribution in [3.63, 3.8) is 0 Å². The summed E-state index contributed by atoms with van der Waals surface area (Å²) < 4.78 is 10.7. The van der Waals surface area contributed by atoms with E-state index in [1.54, 1.807) is 14.2 Å². The van der Waals surface area contributed by atoms with Gasteiger partial charge in [0.15, 0.2) is 11.5 Å². The van der Waals surface area contributed by atoms with Crippen LogP contribution >= 0.6 is 0 Å². The third-order valence-electron chi connectivity index (χ3n) is 4.08. The van der Waals surface area contributed by atoms with E-state index in [9.17, 15) is 0 Å². The van der Waals surface area contributed by atoms with E-state index in [-0.39, 0.29) is 0 Å². The molecule has 1 saturated heterocycles. The maximum Gasteiger partial charge on any atom is 0.162 e. The molecule has 2 unspecified atom stereocenters. The molecule has 2 rings (SSSR count). The highest BCUT2D eigenvalue weighted by Gasteiger charge is 2.30. The van der Waals surface area contributed by atoms with Gasteiger partial charge in [-0.1, -0.05) is 0 Å². The number of rotatable bonds is 5. The minimum Gasteiger partial charge on any atom is -0.493 e. The van der Waals surface area contributed by atoms with Gasteiger partial charge in [0.05, 0.1) is 14.2 Å². The van der Waals surface area contributed by atoms with Crippen LogP contribution in [-0.4, -0.2) is 40.4 Å². The molecule has 0 radical (unpaired) electrons. The van der Waals surface area contributed by atoms with E-state index >= 15 is 0 Å². The lowest BCUT2D eigenvalue weighted by Gasteiger charge is -2.27. The van der Waals surface area contributed by atoms with Crippen LogP contribution in [0.5, 0.6) is 11.5 Å². The van der Waals surface area contributed by atoms with E-state index in [1.807, 2.05) is 13.1 Å². The van der Waals surface area contributed by atoms with Crippen molar-refractivity contribution in [3.8, 4) is 11.5 Å². The Labute approximate surface area is 115 Å². The van der Waals surface area contributed by atoms with Crippen LogP contribution in [-0.2, 0) is 0 Å². The number of nitrogens with zero attached hydrogens (tertiary/aromatic N) is 1. The predicted molar refractivity (Wildman–Crippen MR) is 78.4 cm³/mol. The molecule has 19 heavy (non-hydrogen) atoms. The quantitative estimate of drug-likeness (QED) is 0.883. The van der Waals surface area contributed by atoms with Crippen LogP contribution in [0.25, 0.3) is 0 Å². The monoisotopic (exact) mass is 264 g/mol. The van der Waals surface area contributed by atoms with Gasteiger partial charge in [-0.2, -0.15) is 0 Å². The smallest absolute Gasteiger partial charge is 0.162 e. The molecule has 0 aliphatic carbocycles. The third kappa shape index (κ3) is 2.78. The van der Waals surface area contributed by atoms with Crippen LogP contribution in [0.4, 0.5) is 5.69 Å². The Morgan fingerprint density at radius 3 is 2.63 bits per heavy atom. The predicted octanol–water partition coefficient (Wildman–Crippen LogP) is 2.14. The topological polar surface area (TPSA) is 33.7 Å². The Kier molecular flexibility index (Phi) is 4.53. The Morgan fingerprint density at radius 2 is 2.00 bits per heavy atom. The molecule has 1 N–H and O–H groups in total. The highest BCUT2D eigenvalue weighted by atomic mass is 16.5. The summed E-state index contributed by atoms with van der Waals surface area (Å²) in [6, 6.07) is 6.70. The Hall–Kier alpha value is -1.42. The summed E-state index contributed by atoms with van der Waals surface area (Å²) in [6.45, 7) is 4.47. The third-order valence-corrected chi connectivity index (χ3v) is 4.08. The lowest BCUT2D eigenvalue weighted by atomic mass is 10.0. The molecule has 0 aromatic heterocycles. The molecule has 1 aromatic rings. The second-order valence-corrected chi connectivity index (χ2v) is 5.08. The molecule has 4 heteroatoms. The largest absolute Gasteiger partial charge is 0.493 e. The molecule has 0 saturated carbocycles. The molecule has 4 nitrogen and oxygen atoms in total. The van der Waals surface area contributed by atoms with Crippen molar-refractivity contribution in [2.45, 2.75) is 19.4 Å². The molecule has 1 heterocycles. The summed E-state index contributed by atoms with van der Waals surface area (Å²) >= 11 is 0. The maximum absolute atomic E-state index is 5.38. The summed E-state index contributed by atoms with van der Waals surface area (Å²) in [5.41, 5.74) is 1.21. The second-order valence-electron chi connectivity index (χ2n) is 5.08. The second kappa shape index (κ2) is 6.15. The molecule has 0 spiro atoms. The molecule has 1 aromatic carbocycles. The number of methoxy groups -OCH3 is 2. The van der Waals surface area contributed by atoms with Crippen molar-refractivity contribution in [1.29, 1.82) is 0 Å². The number of ether oxygens (including phenoxy) is 2. The van der Waals surface area contributed by atoms with Crippen molar-refractivity contribution < 1.29 is 9.47 Å². The van der Waals surface area contributed by atoms with Gasteiger partial charge in [-0.3, -0.25) is 0 Å². The molecule has 1 aliphatic rings. The van der Waals surface area contributed by atoms with Gasteiger partial charge in [-0.25, -0.2) is 0 Å². The Balaban J connectivity index is 2.18. The molecular formula is C15H24N2O2. The van der Waals surface area contributed by atoms with Crippen LogP contribution in [0, 0.1) is 5.92 Å². The summed E-state index contributed by atoms with van der Waals surface area (Å²) in [5, 5.41) is 3.28. The minimum absolute atomic E-state index is 0.547. The molecule has 2 atom stereocenters. The van der Waals surface area contributed by atoms with Crippen molar-refractivity contribution in [2.75, 3.05) is 39.3 Å². The van der Waals surface area contributed by atoms with Crippen LogP contribution in [0.3, 0.4) is 0 Å². The number of hydrogen-bond donors (Lipinski definition) is 1. The van der Waals surface area contributed by atoms with Gasteiger partial charge in [0.25, 0.3) is 0 Å². The average Bonchev–Trinajstić information content (AvgIpc) is 2.80. The van der Waals surface area contributed by atoms with Gasteiger partial charge in [-0.15, -0.1) is 0 Å². The van der Waals surface area contributed by atoms with Crippen LogP contribution in [0.15, 0.2) is 18.2 Å². The fraction of sp³-hybridized carbons (Fsp3) is 0.600. The molecular weight excluding hydrogens is 240 g/mol. The van der Waals surface area contributed by atoms with Gasteiger partial charge in [0, 0.05) is 24.3 Å². The zero-order valence-electron chi connectivity index (χ0n) is 12.3. The zero-order valence-corrected chi connectivity index (χ0v) is 12.3. The van der Waals surface area contributed by atoms with E-state index < -0.39 is 0 Å². The minimum atomic E-state index is 0.547. The van der Waals surface area contributed by atoms with Crippen LogP contribution in [0.2, 0.25) is 0 Å². The first-order valence-electron chi connectivity index (χ1n) is 6.84. The first-order valence-corrected chi connectivity index (χ1v) is 6.84.